The summed E-state index contributed by atoms with van der Waals surface area (Å²) < 4.78 is 18.4. The van der Waals surface area contributed by atoms with Crippen LogP contribution >= 0.6 is 0 Å². The van der Waals surface area contributed by atoms with Crippen molar-refractivity contribution in [3.8, 4) is 0 Å². The Morgan fingerprint density at radius 2 is 2.18 bits per heavy atom. The molecule has 2 nitrogen and oxygen atoms in total. The predicted octanol–water partition coefficient (Wildman–Crippen LogP) is 3.57. The summed E-state index contributed by atoms with van der Waals surface area (Å²) in [6, 6.07) is 4.52. The third-order valence-electron chi connectivity index (χ3n) is 3.03. The van der Waals surface area contributed by atoms with E-state index in [0.29, 0.717) is 5.56 Å². The Morgan fingerprint density at radius 1 is 1.35 bits per heavy atom. The van der Waals surface area contributed by atoms with E-state index in [1.165, 1.54) is 19.6 Å². The predicted molar refractivity (Wildman–Crippen MR) is 64.2 cm³/mol. The van der Waals surface area contributed by atoms with Crippen molar-refractivity contribution in [2.75, 3.05) is 7.11 Å². The van der Waals surface area contributed by atoms with Gasteiger partial charge in [0.1, 0.15) is 5.82 Å². The third kappa shape index (κ3) is 2.54. The van der Waals surface area contributed by atoms with Gasteiger partial charge in [0.05, 0.1) is 12.7 Å². The molecule has 0 heterocycles. The molecule has 0 bridgehead atoms. The fraction of sp³-hybridized carbons (Fsp3) is 0.357. The van der Waals surface area contributed by atoms with Gasteiger partial charge in [-0.2, -0.15) is 0 Å². The number of benzene rings is 1. The lowest BCUT2D eigenvalue weighted by Crippen LogP contribution is -2.03. The minimum atomic E-state index is -0.506. The Labute approximate surface area is 100 Å². The van der Waals surface area contributed by atoms with Crippen LogP contribution in [0.25, 0.3) is 5.57 Å². The Morgan fingerprint density at radius 3 is 2.76 bits per heavy atom. The average molecular weight is 234 g/mol. The van der Waals surface area contributed by atoms with E-state index in [2.05, 4.69) is 10.8 Å². The highest BCUT2D eigenvalue weighted by molar-refractivity contribution is 5.89. The monoisotopic (exact) mass is 234 g/mol. The molecule has 0 radical (unpaired) electrons. The van der Waals surface area contributed by atoms with E-state index >= 15 is 0 Å². The van der Waals surface area contributed by atoms with E-state index in [1.54, 1.807) is 12.1 Å². The van der Waals surface area contributed by atoms with E-state index in [4.69, 9.17) is 0 Å². The molecule has 0 aliphatic heterocycles. The molecule has 1 aliphatic carbocycles. The van der Waals surface area contributed by atoms with Crippen molar-refractivity contribution in [1.29, 1.82) is 0 Å². The van der Waals surface area contributed by atoms with Gasteiger partial charge in [-0.3, -0.25) is 0 Å². The van der Waals surface area contributed by atoms with Crippen molar-refractivity contribution in [2.45, 2.75) is 25.7 Å². The van der Waals surface area contributed by atoms with Crippen LogP contribution < -0.4 is 0 Å². The van der Waals surface area contributed by atoms with Crippen LogP contribution in [0.3, 0.4) is 0 Å². The van der Waals surface area contributed by atoms with Gasteiger partial charge in [-0.1, -0.05) is 12.1 Å². The quantitative estimate of drug-likeness (QED) is 0.731. The van der Waals surface area contributed by atoms with Gasteiger partial charge >= 0.3 is 5.97 Å². The highest BCUT2D eigenvalue weighted by Crippen LogP contribution is 2.28. The first-order valence-electron chi connectivity index (χ1n) is 5.79. The SMILES string of the molecule is COC(=O)c1ccc(C2=CCCCC2)c(F)c1. The van der Waals surface area contributed by atoms with Gasteiger partial charge in [-0.15, -0.1) is 0 Å². The molecule has 0 unspecified atom stereocenters. The van der Waals surface area contributed by atoms with E-state index in [1.807, 2.05) is 0 Å². The van der Waals surface area contributed by atoms with Crippen LogP contribution in [0, 0.1) is 5.82 Å². The molecule has 3 heteroatoms. The summed E-state index contributed by atoms with van der Waals surface area (Å²) >= 11 is 0. The first-order chi connectivity index (χ1) is 8.22. The number of hydrogen-bond acceptors (Lipinski definition) is 2. The second kappa shape index (κ2) is 5.13. The van der Waals surface area contributed by atoms with E-state index in [0.717, 1.165) is 24.8 Å². The normalized spacial score (nSPS) is 15.3. The van der Waals surface area contributed by atoms with Crippen molar-refractivity contribution in [3.05, 3.63) is 41.2 Å². The molecule has 0 saturated carbocycles. The lowest BCUT2D eigenvalue weighted by molar-refractivity contribution is 0.0600. The number of halogens is 1. The number of carbonyl (C=O) groups excluding carboxylic acids is 1. The number of ether oxygens (including phenoxy) is 1. The fourth-order valence-corrected chi connectivity index (χ4v) is 2.10. The molecule has 1 aromatic carbocycles. The van der Waals surface area contributed by atoms with Crippen LogP contribution in [-0.4, -0.2) is 13.1 Å². The largest absolute Gasteiger partial charge is 0.465 e. The number of methoxy groups -OCH3 is 1. The molecular formula is C14H15FO2. The number of rotatable bonds is 2. The van der Waals surface area contributed by atoms with Gasteiger partial charge in [0.25, 0.3) is 0 Å². The van der Waals surface area contributed by atoms with Crippen LogP contribution in [0.2, 0.25) is 0 Å². The van der Waals surface area contributed by atoms with Crippen LogP contribution in [0.1, 0.15) is 41.6 Å². The molecule has 0 spiro atoms. The summed E-state index contributed by atoms with van der Waals surface area (Å²) in [6.45, 7) is 0. The Kier molecular flexibility index (Phi) is 3.57. The van der Waals surface area contributed by atoms with E-state index < -0.39 is 5.97 Å². The van der Waals surface area contributed by atoms with Crippen molar-refractivity contribution in [2.24, 2.45) is 0 Å². The molecule has 1 aliphatic rings. The average Bonchev–Trinajstić information content (AvgIpc) is 2.38. The molecule has 0 fully saturated rings. The highest BCUT2D eigenvalue weighted by Gasteiger charge is 2.13. The highest BCUT2D eigenvalue weighted by atomic mass is 19.1. The summed E-state index contributed by atoms with van der Waals surface area (Å²) in [5, 5.41) is 0. The molecule has 17 heavy (non-hydrogen) atoms. The lowest BCUT2D eigenvalue weighted by atomic mass is 9.93. The van der Waals surface area contributed by atoms with Gasteiger partial charge in [0.2, 0.25) is 0 Å². The standard InChI is InChI=1S/C14H15FO2/c1-17-14(16)11-7-8-12(13(15)9-11)10-5-3-2-4-6-10/h5,7-9H,2-4,6H2,1H3. The lowest BCUT2D eigenvalue weighted by Gasteiger charge is -2.14. The van der Waals surface area contributed by atoms with Crippen LogP contribution in [0.15, 0.2) is 24.3 Å². The summed E-state index contributed by atoms with van der Waals surface area (Å²) in [7, 11) is 1.29. The Hall–Kier alpha value is -1.64. The second-order valence-electron chi connectivity index (χ2n) is 4.16. The molecule has 0 aromatic heterocycles. The summed E-state index contributed by atoms with van der Waals surface area (Å²) in [6.07, 6.45) is 6.27. The van der Waals surface area contributed by atoms with Gasteiger partial charge in [0.15, 0.2) is 0 Å². The maximum atomic E-state index is 13.9. The van der Waals surface area contributed by atoms with Crippen LogP contribution in [0.5, 0.6) is 0 Å². The van der Waals surface area contributed by atoms with Crippen LogP contribution in [-0.2, 0) is 4.74 Å². The zero-order valence-electron chi connectivity index (χ0n) is 9.83. The summed E-state index contributed by atoms with van der Waals surface area (Å²) in [5.41, 5.74) is 1.91. The van der Waals surface area contributed by atoms with E-state index in [9.17, 15) is 9.18 Å². The first-order valence-corrected chi connectivity index (χ1v) is 5.79. The zero-order valence-corrected chi connectivity index (χ0v) is 9.83. The molecule has 0 amide bonds. The van der Waals surface area contributed by atoms with Gasteiger partial charge in [-0.05, 0) is 43.4 Å². The van der Waals surface area contributed by atoms with Crippen LogP contribution in [0.4, 0.5) is 4.39 Å². The maximum absolute atomic E-state index is 13.9. The number of esters is 1. The van der Waals surface area contributed by atoms with Crippen molar-refractivity contribution < 1.29 is 13.9 Å². The smallest absolute Gasteiger partial charge is 0.337 e. The first kappa shape index (κ1) is 11.8. The van der Waals surface area contributed by atoms with Gasteiger partial charge < -0.3 is 4.74 Å². The Balaban J connectivity index is 2.31. The molecule has 90 valence electrons. The third-order valence-corrected chi connectivity index (χ3v) is 3.03. The molecule has 0 saturated heterocycles. The molecule has 0 atom stereocenters. The number of hydrogen-bond donors (Lipinski definition) is 0. The summed E-state index contributed by atoms with van der Waals surface area (Å²) in [5.74, 6) is -0.853. The molecular weight excluding hydrogens is 219 g/mol. The number of carbonyl (C=O) groups is 1. The number of allylic oxidation sites excluding steroid dienone is 2. The van der Waals surface area contributed by atoms with Crippen molar-refractivity contribution in [1.82, 2.24) is 0 Å². The topological polar surface area (TPSA) is 26.3 Å². The summed E-state index contributed by atoms with van der Waals surface area (Å²) in [4.78, 5) is 11.2. The zero-order chi connectivity index (χ0) is 12.3. The minimum absolute atomic E-state index is 0.255. The Bertz CT molecular complexity index is 463. The van der Waals surface area contributed by atoms with E-state index in [-0.39, 0.29) is 11.4 Å². The van der Waals surface area contributed by atoms with Crippen molar-refractivity contribution in [3.63, 3.8) is 0 Å². The molecule has 1 aromatic rings. The van der Waals surface area contributed by atoms with Gasteiger partial charge in [0, 0.05) is 5.56 Å². The van der Waals surface area contributed by atoms with Gasteiger partial charge in [-0.25, -0.2) is 9.18 Å². The molecule has 2 rings (SSSR count). The fourth-order valence-electron chi connectivity index (χ4n) is 2.10. The minimum Gasteiger partial charge on any atom is -0.465 e. The van der Waals surface area contributed by atoms with Crippen molar-refractivity contribution >= 4 is 11.5 Å². The maximum Gasteiger partial charge on any atom is 0.337 e. The second-order valence-corrected chi connectivity index (χ2v) is 4.16. The molecule has 0 N–H and O–H groups in total.